The Labute approximate surface area is 86.0 Å². The molecule has 2 N–H and O–H groups in total. The fourth-order valence-corrected chi connectivity index (χ4v) is 2.35. The van der Waals surface area contributed by atoms with Gasteiger partial charge in [0.05, 0.1) is 0 Å². The lowest BCUT2D eigenvalue weighted by molar-refractivity contribution is -0.131. The molecule has 0 aromatic heterocycles. The van der Waals surface area contributed by atoms with Crippen molar-refractivity contribution in [2.24, 2.45) is 0 Å². The Kier molecular flexibility index (Phi) is 3.89. The number of carbonyl (C=O) groups excluding carboxylic acids is 1. The molecule has 1 heterocycles. The van der Waals surface area contributed by atoms with Crippen LogP contribution < -0.4 is 10.6 Å². The molecule has 0 bridgehead atoms. The van der Waals surface area contributed by atoms with Crippen LogP contribution in [0.25, 0.3) is 0 Å². The van der Waals surface area contributed by atoms with Crippen molar-refractivity contribution in [3.63, 3.8) is 0 Å². The molecule has 1 atom stereocenters. The van der Waals surface area contributed by atoms with E-state index >= 15 is 0 Å². The highest BCUT2D eigenvalue weighted by Crippen LogP contribution is 2.23. The quantitative estimate of drug-likeness (QED) is 0.659. The molecule has 1 rings (SSSR count). The summed E-state index contributed by atoms with van der Waals surface area (Å²) in [6.45, 7) is 7.76. The van der Waals surface area contributed by atoms with E-state index in [0.29, 0.717) is 0 Å². The fourth-order valence-electron chi connectivity index (χ4n) is 2.35. The van der Waals surface area contributed by atoms with E-state index in [2.05, 4.69) is 29.4 Å². The minimum atomic E-state index is -0.307. The summed E-state index contributed by atoms with van der Waals surface area (Å²) in [7, 11) is 1.71. The number of likely N-dealkylation sites (N-methyl/N-ethyl adjacent to an activating group) is 2. The second-order valence-corrected chi connectivity index (χ2v) is 3.71. The fraction of sp³-hybridized carbons (Fsp3) is 0.900. The number of hydrogen-bond acceptors (Lipinski definition) is 3. The van der Waals surface area contributed by atoms with Gasteiger partial charge in [-0.2, -0.15) is 0 Å². The second-order valence-electron chi connectivity index (χ2n) is 3.71. The highest BCUT2D eigenvalue weighted by Gasteiger charge is 2.44. The Morgan fingerprint density at radius 1 is 1.50 bits per heavy atom. The minimum absolute atomic E-state index is 0.145. The van der Waals surface area contributed by atoms with Gasteiger partial charge in [-0.3, -0.25) is 9.69 Å². The van der Waals surface area contributed by atoms with Crippen LogP contribution in [0.5, 0.6) is 0 Å². The molecule has 0 radical (unpaired) electrons. The largest absolute Gasteiger partial charge is 0.358 e. The van der Waals surface area contributed by atoms with Crippen LogP contribution in [0.3, 0.4) is 0 Å². The van der Waals surface area contributed by atoms with E-state index in [1.807, 2.05) is 0 Å². The van der Waals surface area contributed by atoms with Crippen molar-refractivity contribution in [3.05, 3.63) is 0 Å². The lowest BCUT2D eigenvalue weighted by Gasteiger charge is -2.37. The summed E-state index contributed by atoms with van der Waals surface area (Å²) in [5, 5.41) is 6.05. The molecule has 1 amide bonds. The van der Waals surface area contributed by atoms with Crippen LogP contribution in [-0.2, 0) is 4.79 Å². The third-order valence-electron chi connectivity index (χ3n) is 3.15. The highest BCUT2D eigenvalue weighted by molar-refractivity contribution is 5.86. The van der Waals surface area contributed by atoms with E-state index in [4.69, 9.17) is 0 Å². The van der Waals surface area contributed by atoms with Crippen LogP contribution in [-0.4, -0.2) is 49.6 Å². The predicted molar refractivity (Wildman–Crippen MR) is 57.2 cm³/mol. The van der Waals surface area contributed by atoms with Crippen molar-refractivity contribution < 1.29 is 4.79 Å². The lowest BCUT2D eigenvalue weighted by atomic mass is 9.94. The first kappa shape index (κ1) is 11.5. The number of nitrogens with zero attached hydrogens (tertiary/aromatic N) is 1. The van der Waals surface area contributed by atoms with Crippen molar-refractivity contribution in [1.82, 2.24) is 15.5 Å². The molecule has 1 aliphatic heterocycles. The van der Waals surface area contributed by atoms with Gasteiger partial charge >= 0.3 is 0 Å². The van der Waals surface area contributed by atoms with Gasteiger partial charge in [0.1, 0.15) is 5.54 Å². The molecule has 0 spiro atoms. The van der Waals surface area contributed by atoms with Gasteiger partial charge in [-0.1, -0.05) is 13.8 Å². The van der Waals surface area contributed by atoms with E-state index in [9.17, 15) is 4.79 Å². The van der Waals surface area contributed by atoms with Gasteiger partial charge < -0.3 is 10.6 Å². The third kappa shape index (κ3) is 1.77. The van der Waals surface area contributed by atoms with Gasteiger partial charge in [0.2, 0.25) is 5.91 Å². The minimum Gasteiger partial charge on any atom is -0.358 e. The summed E-state index contributed by atoms with van der Waals surface area (Å²) < 4.78 is 0. The molecule has 1 saturated heterocycles. The lowest BCUT2D eigenvalue weighted by Crippen LogP contribution is -2.59. The van der Waals surface area contributed by atoms with Crippen molar-refractivity contribution in [1.29, 1.82) is 0 Å². The maximum atomic E-state index is 11.9. The van der Waals surface area contributed by atoms with Crippen LogP contribution in [0.4, 0.5) is 0 Å². The average molecular weight is 199 g/mol. The van der Waals surface area contributed by atoms with Crippen molar-refractivity contribution in [2.75, 3.05) is 33.2 Å². The first-order valence-corrected chi connectivity index (χ1v) is 5.39. The molecule has 0 aromatic rings. The Hall–Kier alpha value is -0.610. The zero-order valence-electron chi connectivity index (χ0n) is 9.39. The molecular formula is C10H21N3O. The standard InChI is InChI=1S/C10H21N3O/c1-4-13(5-2)10(9(14)11-3)6-7-12-8-10/h12H,4-8H2,1-3H3,(H,11,14). The Bertz CT molecular complexity index is 196. The topological polar surface area (TPSA) is 44.4 Å². The first-order chi connectivity index (χ1) is 6.71. The first-order valence-electron chi connectivity index (χ1n) is 5.39. The van der Waals surface area contributed by atoms with Crippen LogP contribution in [0.2, 0.25) is 0 Å². The summed E-state index contributed by atoms with van der Waals surface area (Å²) in [5.41, 5.74) is -0.307. The number of nitrogens with one attached hydrogen (secondary N) is 2. The van der Waals surface area contributed by atoms with Gasteiger partial charge in [0, 0.05) is 13.6 Å². The Balaban J connectivity index is 2.85. The zero-order chi connectivity index (χ0) is 10.6. The number of hydrogen-bond donors (Lipinski definition) is 2. The second kappa shape index (κ2) is 4.75. The molecule has 0 aromatic carbocycles. The molecule has 0 saturated carbocycles. The normalized spacial score (nSPS) is 26.9. The van der Waals surface area contributed by atoms with Crippen LogP contribution in [0.15, 0.2) is 0 Å². The van der Waals surface area contributed by atoms with Crippen molar-refractivity contribution >= 4 is 5.91 Å². The summed E-state index contributed by atoms with van der Waals surface area (Å²) in [6.07, 6.45) is 0.911. The molecule has 4 nitrogen and oxygen atoms in total. The summed E-state index contributed by atoms with van der Waals surface area (Å²) >= 11 is 0. The maximum absolute atomic E-state index is 11.9. The molecule has 82 valence electrons. The Morgan fingerprint density at radius 3 is 2.50 bits per heavy atom. The van der Waals surface area contributed by atoms with Crippen molar-refractivity contribution in [3.8, 4) is 0 Å². The van der Waals surface area contributed by atoms with Gasteiger partial charge in [0.15, 0.2) is 0 Å². The van der Waals surface area contributed by atoms with E-state index in [1.165, 1.54) is 0 Å². The van der Waals surface area contributed by atoms with Crippen LogP contribution in [0.1, 0.15) is 20.3 Å². The van der Waals surface area contributed by atoms with E-state index < -0.39 is 0 Å². The monoisotopic (exact) mass is 199 g/mol. The third-order valence-corrected chi connectivity index (χ3v) is 3.15. The number of carbonyl (C=O) groups is 1. The van der Waals surface area contributed by atoms with Gasteiger partial charge in [0.25, 0.3) is 0 Å². The predicted octanol–water partition coefficient (Wildman–Crippen LogP) is -0.194. The summed E-state index contributed by atoms with van der Waals surface area (Å²) in [6, 6.07) is 0. The van der Waals surface area contributed by atoms with Gasteiger partial charge in [-0.15, -0.1) is 0 Å². The van der Waals surface area contributed by atoms with E-state index in [0.717, 1.165) is 32.6 Å². The zero-order valence-corrected chi connectivity index (χ0v) is 9.39. The summed E-state index contributed by atoms with van der Waals surface area (Å²) in [4.78, 5) is 14.1. The van der Waals surface area contributed by atoms with Crippen LogP contribution >= 0.6 is 0 Å². The highest BCUT2D eigenvalue weighted by atomic mass is 16.2. The SMILES string of the molecule is CCN(CC)C1(C(=O)NC)CCNC1. The van der Waals surface area contributed by atoms with Crippen molar-refractivity contribution in [2.45, 2.75) is 25.8 Å². The Morgan fingerprint density at radius 2 is 2.14 bits per heavy atom. The van der Waals surface area contributed by atoms with E-state index in [1.54, 1.807) is 7.05 Å². The van der Waals surface area contributed by atoms with E-state index in [-0.39, 0.29) is 11.4 Å². The molecule has 1 aliphatic rings. The maximum Gasteiger partial charge on any atom is 0.241 e. The number of rotatable bonds is 4. The van der Waals surface area contributed by atoms with Gasteiger partial charge in [-0.25, -0.2) is 0 Å². The molecular weight excluding hydrogens is 178 g/mol. The molecule has 1 unspecified atom stereocenters. The average Bonchev–Trinajstić information content (AvgIpc) is 2.69. The van der Waals surface area contributed by atoms with Gasteiger partial charge in [-0.05, 0) is 26.1 Å². The molecule has 4 heteroatoms. The number of amides is 1. The molecule has 0 aliphatic carbocycles. The van der Waals surface area contributed by atoms with Crippen LogP contribution in [0, 0.1) is 0 Å². The summed E-state index contributed by atoms with van der Waals surface area (Å²) in [5.74, 6) is 0.145. The smallest absolute Gasteiger partial charge is 0.241 e. The molecule has 1 fully saturated rings. The molecule has 14 heavy (non-hydrogen) atoms.